The summed E-state index contributed by atoms with van der Waals surface area (Å²) in [4.78, 5) is 11.6. The van der Waals surface area contributed by atoms with Gasteiger partial charge in [-0.1, -0.05) is 25.5 Å². The minimum absolute atomic E-state index is 0.0961. The van der Waals surface area contributed by atoms with E-state index in [2.05, 4.69) is 19.9 Å². The van der Waals surface area contributed by atoms with Crippen LogP contribution in [0.4, 0.5) is 0 Å². The number of rotatable bonds is 1. The van der Waals surface area contributed by atoms with Crippen molar-refractivity contribution in [3.05, 3.63) is 23.3 Å². The molecule has 2 N–H and O–H groups in total. The highest BCUT2D eigenvalue weighted by Gasteiger charge is 2.63. The maximum atomic E-state index is 11.6. The van der Waals surface area contributed by atoms with Gasteiger partial charge in [-0.25, -0.2) is 4.79 Å². The highest BCUT2D eigenvalue weighted by atomic mass is 16.5. The Bertz CT molecular complexity index is 739. The lowest BCUT2D eigenvalue weighted by Gasteiger charge is -2.63. The van der Waals surface area contributed by atoms with Gasteiger partial charge in [-0.3, -0.25) is 0 Å². The van der Waals surface area contributed by atoms with Gasteiger partial charge in [-0.15, -0.1) is 0 Å². The van der Waals surface area contributed by atoms with E-state index in [0.29, 0.717) is 30.8 Å². The second-order valence-electron chi connectivity index (χ2n) is 10.3. The summed E-state index contributed by atoms with van der Waals surface area (Å²) < 4.78 is 5.21. The third-order valence-corrected chi connectivity index (χ3v) is 9.31. The maximum absolute atomic E-state index is 11.6. The molecule has 3 fully saturated rings. The van der Waals surface area contributed by atoms with Crippen LogP contribution in [-0.4, -0.2) is 34.5 Å². The van der Waals surface area contributed by atoms with Crippen LogP contribution in [0.25, 0.3) is 0 Å². The summed E-state index contributed by atoms with van der Waals surface area (Å²) in [6, 6.07) is 0. The molecule has 0 saturated heterocycles. The molecule has 7 unspecified atom stereocenters. The van der Waals surface area contributed by atoms with E-state index >= 15 is 0 Å². The maximum Gasteiger partial charge on any atom is 0.331 e. The first kappa shape index (κ1) is 17.9. The minimum atomic E-state index is -0.716. The van der Waals surface area contributed by atoms with E-state index in [4.69, 9.17) is 4.74 Å². The highest BCUT2D eigenvalue weighted by molar-refractivity contribution is 5.85. The summed E-state index contributed by atoms with van der Waals surface area (Å²) in [7, 11) is 0. The Balaban J connectivity index is 1.46. The van der Waals surface area contributed by atoms with E-state index in [-0.39, 0.29) is 22.9 Å². The molecule has 0 aromatic heterocycles. The highest BCUT2D eigenvalue weighted by Crippen LogP contribution is 2.67. The van der Waals surface area contributed by atoms with Crippen LogP contribution in [0.1, 0.15) is 65.2 Å². The molecule has 0 aromatic carbocycles. The summed E-state index contributed by atoms with van der Waals surface area (Å²) in [5, 5.41) is 21.7. The molecule has 0 aromatic rings. The van der Waals surface area contributed by atoms with Gasteiger partial charge in [0, 0.05) is 12.5 Å². The predicted octanol–water partition coefficient (Wildman–Crippen LogP) is 3.52. The molecule has 27 heavy (non-hydrogen) atoms. The van der Waals surface area contributed by atoms with Crippen LogP contribution in [0.15, 0.2) is 23.3 Å². The number of allylic oxidation sites excluding steroid dienone is 2. The third kappa shape index (κ3) is 2.32. The molecule has 4 nitrogen and oxygen atoms in total. The Labute approximate surface area is 161 Å². The standard InChI is InChI=1S/C23H32O4/c1-21-8-7-19-16(6-10-23(26)12-15(24)5-9-22(19,23)2)18(21)4-3-17(21)14-11-20(25)27-13-14/h4,11,15-17,19,24,26H,3,5-10,12-13H2,1-2H3. The average molecular weight is 373 g/mol. The van der Waals surface area contributed by atoms with E-state index in [1.807, 2.05) is 0 Å². The normalized spacial score (nSPS) is 51.6. The lowest BCUT2D eigenvalue weighted by atomic mass is 9.44. The number of aliphatic hydroxyl groups is 2. The van der Waals surface area contributed by atoms with Gasteiger partial charge in [0.1, 0.15) is 6.61 Å². The van der Waals surface area contributed by atoms with Gasteiger partial charge in [0.2, 0.25) is 0 Å². The van der Waals surface area contributed by atoms with Crippen molar-refractivity contribution >= 4 is 5.97 Å². The SMILES string of the molecule is CC12CCC3C(CCC4(O)CC(O)CCC34C)C1=CCC2C1=CC(=O)OC1. The van der Waals surface area contributed by atoms with E-state index in [0.717, 1.165) is 44.9 Å². The van der Waals surface area contributed by atoms with Crippen LogP contribution in [-0.2, 0) is 9.53 Å². The molecule has 0 radical (unpaired) electrons. The summed E-state index contributed by atoms with van der Waals surface area (Å²) in [5.74, 6) is 1.23. The monoisotopic (exact) mass is 372 g/mol. The first-order valence-electron chi connectivity index (χ1n) is 10.8. The molecule has 3 saturated carbocycles. The fourth-order valence-electron chi connectivity index (χ4n) is 7.71. The predicted molar refractivity (Wildman–Crippen MR) is 102 cm³/mol. The van der Waals surface area contributed by atoms with Crippen LogP contribution in [0.2, 0.25) is 0 Å². The Morgan fingerprint density at radius 1 is 1.15 bits per heavy atom. The molecule has 4 heteroatoms. The molecule has 0 amide bonds. The van der Waals surface area contributed by atoms with Gasteiger partial charge in [0.15, 0.2) is 0 Å². The molecular weight excluding hydrogens is 340 g/mol. The first-order chi connectivity index (χ1) is 12.8. The Morgan fingerprint density at radius 3 is 2.70 bits per heavy atom. The van der Waals surface area contributed by atoms with Crippen LogP contribution < -0.4 is 0 Å². The summed E-state index contributed by atoms with van der Waals surface area (Å²) in [6.45, 7) is 5.14. The zero-order valence-electron chi connectivity index (χ0n) is 16.5. The number of aliphatic hydroxyl groups excluding tert-OH is 1. The average Bonchev–Trinajstić information content (AvgIpc) is 3.18. The van der Waals surface area contributed by atoms with Crippen molar-refractivity contribution in [2.24, 2.45) is 28.6 Å². The molecule has 148 valence electrons. The molecule has 7 atom stereocenters. The smallest absolute Gasteiger partial charge is 0.331 e. The quantitative estimate of drug-likeness (QED) is 0.546. The number of cyclic esters (lactones) is 1. The first-order valence-corrected chi connectivity index (χ1v) is 10.8. The molecular formula is C23H32O4. The van der Waals surface area contributed by atoms with Crippen molar-refractivity contribution in [1.82, 2.24) is 0 Å². The number of ether oxygens (including phenoxy) is 1. The van der Waals surface area contributed by atoms with E-state index < -0.39 is 5.60 Å². The number of carbonyl (C=O) groups excluding carboxylic acids is 1. The molecule has 0 spiro atoms. The summed E-state index contributed by atoms with van der Waals surface area (Å²) >= 11 is 0. The number of fused-ring (bicyclic) bond motifs is 5. The second kappa shape index (κ2) is 5.70. The van der Waals surface area contributed by atoms with E-state index in [9.17, 15) is 15.0 Å². The number of hydrogen-bond donors (Lipinski definition) is 2. The third-order valence-electron chi connectivity index (χ3n) is 9.31. The van der Waals surface area contributed by atoms with Crippen molar-refractivity contribution in [1.29, 1.82) is 0 Å². The largest absolute Gasteiger partial charge is 0.458 e. The van der Waals surface area contributed by atoms with E-state index in [1.165, 1.54) is 5.57 Å². The fraction of sp³-hybridized carbons (Fsp3) is 0.783. The van der Waals surface area contributed by atoms with Crippen LogP contribution in [0.3, 0.4) is 0 Å². The second-order valence-corrected chi connectivity index (χ2v) is 10.3. The topological polar surface area (TPSA) is 66.8 Å². The Kier molecular flexibility index (Phi) is 3.78. The molecule has 5 rings (SSSR count). The lowest BCUT2D eigenvalue weighted by Crippen LogP contribution is -2.61. The van der Waals surface area contributed by atoms with Crippen molar-refractivity contribution in [2.45, 2.75) is 76.9 Å². The zero-order valence-corrected chi connectivity index (χ0v) is 16.5. The Morgan fingerprint density at radius 2 is 1.96 bits per heavy atom. The lowest BCUT2D eigenvalue weighted by molar-refractivity contribution is -0.201. The fourth-order valence-corrected chi connectivity index (χ4v) is 7.71. The number of carbonyl (C=O) groups is 1. The summed E-state index contributed by atoms with van der Waals surface area (Å²) in [6.07, 6.45) is 11.2. The van der Waals surface area contributed by atoms with Crippen molar-refractivity contribution in [3.8, 4) is 0 Å². The molecule has 5 aliphatic rings. The molecule has 4 aliphatic carbocycles. The van der Waals surface area contributed by atoms with Crippen molar-refractivity contribution in [3.63, 3.8) is 0 Å². The minimum Gasteiger partial charge on any atom is -0.458 e. The van der Waals surface area contributed by atoms with Crippen LogP contribution >= 0.6 is 0 Å². The van der Waals surface area contributed by atoms with Gasteiger partial charge in [0.25, 0.3) is 0 Å². The summed E-state index contributed by atoms with van der Waals surface area (Å²) in [5.41, 5.74) is 2.07. The van der Waals surface area contributed by atoms with Gasteiger partial charge >= 0.3 is 5.97 Å². The Hall–Kier alpha value is -1.13. The van der Waals surface area contributed by atoms with Gasteiger partial charge in [0.05, 0.1) is 11.7 Å². The van der Waals surface area contributed by atoms with Gasteiger partial charge < -0.3 is 14.9 Å². The number of hydrogen-bond acceptors (Lipinski definition) is 4. The number of esters is 1. The molecule has 1 heterocycles. The zero-order chi connectivity index (χ0) is 19.0. The van der Waals surface area contributed by atoms with Gasteiger partial charge in [-0.2, -0.15) is 0 Å². The van der Waals surface area contributed by atoms with Crippen LogP contribution in [0.5, 0.6) is 0 Å². The molecule has 1 aliphatic heterocycles. The molecule has 0 bridgehead atoms. The van der Waals surface area contributed by atoms with Crippen LogP contribution in [0, 0.1) is 28.6 Å². The van der Waals surface area contributed by atoms with Crippen molar-refractivity contribution < 1.29 is 19.7 Å². The van der Waals surface area contributed by atoms with Gasteiger partial charge in [-0.05, 0) is 79.1 Å². The van der Waals surface area contributed by atoms with Crippen molar-refractivity contribution in [2.75, 3.05) is 6.61 Å². The van der Waals surface area contributed by atoms with E-state index in [1.54, 1.807) is 11.6 Å².